The zero-order valence-electron chi connectivity index (χ0n) is 12.6. The van der Waals surface area contributed by atoms with Crippen LogP contribution in [0.5, 0.6) is 23.0 Å². The van der Waals surface area contributed by atoms with Crippen molar-refractivity contribution >= 4 is 11.9 Å². The third kappa shape index (κ3) is 3.29. The molecule has 0 radical (unpaired) electrons. The Morgan fingerprint density at radius 3 is 2.70 bits per heavy atom. The molecule has 5 heteroatoms. The lowest BCUT2D eigenvalue weighted by Crippen LogP contribution is -2.15. The van der Waals surface area contributed by atoms with Crippen LogP contribution < -0.4 is 14.2 Å². The maximum absolute atomic E-state index is 12.2. The van der Waals surface area contributed by atoms with Crippen LogP contribution >= 0.6 is 0 Å². The third-order valence-corrected chi connectivity index (χ3v) is 3.46. The number of hydrogen-bond donors (Lipinski definition) is 1. The van der Waals surface area contributed by atoms with E-state index in [0.29, 0.717) is 30.3 Å². The van der Waals surface area contributed by atoms with Crippen molar-refractivity contribution in [2.24, 2.45) is 0 Å². The van der Waals surface area contributed by atoms with Gasteiger partial charge in [0.1, 0.15) is 13.2 Å². The molecule has 1 aliphatic rings. The van der Waals surface area contributed by atoms with E-state index in [9.17, 15) is 9.90 Å². The van der Waals surface area contributed by atoms with Crippen LogP contribution in [0.25, 0.3) is 6.08 Å². The molecule has 0 spiro atoms. The average Bonchev–Trinajstić information content (AvgIpc) is 2.60. The predicted molar refractivity (Wildman–Crippen MR) is 85.5 cm³/mol. The fourth-order valence-corrected chi connectivity index (χ4v) is 2.26. The summed E-state index contributed by atoms with van der Waals surface area (Å²) in [5, 5.41) is 9.56. The summed E-state index contributed by atoms with van der Waals surface area (Å²) < 4.78 is 16.0. The lowest BCUT2D eigenvalue weighted by atomic mass is 10.1. The van der Waals surface area contributed by atoms with Crippen molar-refractivity contribution in [2.75, 3.05) is 20.3 Å². The average molecular weight is 312 g/mol. The van der Waals surface area contributed by atoms with Crippen molar-refractivity contribution in [3.63, 3.8) is 0 Å². The number of benzene rings is 2. The summed E-state index contributed by atoms with van der Waals surface area (Å²) in [4.78, 5) is 12.2. The van der Waals surface area contributed by atoms with Crippen molar-refractivity contribution < 1.29 is 24.1 Å². The molecule has 2 aromatic rings. The van der Waals surface area contributed by atoms with Gasteiger partial charge in [0.25, 0.3) is 0 Å². The van der Waals surface area contributed by atoms with E-state index in [1.807, 2.05) is 18.2 Å². The smallest absolute Gasteiger partial charge is 0.185 e. The molecule has 0 fully saturated rings. The van der Waals surface area contributed by atoms with Crippen molar-refractivity contribution in [3.05, 3.63) is 53.6 Å². The predicted octanol–water partition coefficient (Wildman–Crippen LogP) is 3.07. The van der Waals surface area contributed by atoms with Crippen molar-refractivity contribution in [1.82, 2.24) is 0 Å². The molecule has 0 unspecified atom stereocenters. The molecule has 118 valence electrons. The Labute approximate surface area is 133 Å². The number of allylic oxidation sites excluding steroid dienone is 1. The molecular weight excluding hydrogens is 296 g/mol. The fraction of sp³-hybridized carbons (Fsp3) is 0.167. The quantitative estimate of drug-likeness (QED) is 0.694. The molecule has 0 bridgehead atoms. The fourth-order valence-electron chi connectivity index (χ4n) is 2.26. The summed E-state index contributed by atoms with van der Waals surface area (Å²) in [6.07, 6.45) is 3.18. The zero-order chi connectivity index (χ0) is 16.2. The van der Waals surface area contributed by atoms with Gasteiger partial charge in [0, 0.05) is 5.56 Å². The van der Waals surface area contributed by atoms with Crippen LogP contribution in [0.2, 0.25) is 0 Å². The number of carbonyl (C=O) groups is 1. The van der Waals surface area contributed by atoms with Gasteiger partial charge in [-0.05, 0) is 42.0 Å². The van der Waals surface area contributed by atoms with Gasteiger partial charge in [-0.25, -0.2) is 0 Å². The highest BCUT2D eigenvalue weighted by Crippen LogP contribution is 2.31. The number of methoxy groups -OCH3 is 1. The molecule has 0 amide bonds. The molecule has 0 aliphatic carbocycles. The van der Waals surface area contributed by atoms with E-state index in [4.69, 9.17) is 14.2 Å². The summed E-state index contributed by atoms with van der Waals surface area (Å²) in [7, 11) is 1.44. The Hall–Kier alpha value is -2.95. The molecule has 2 aromatic carbocycles. The summed E-state index contributed by atoms with van der Waals surface area (Å²) in [5.74, 6) is 1.47. The molecule has 0 saturated heterocycles. The van der Waals surface area contributed by atoms with Gasteiger partial charge < -0.3 is 19.3 Å². The molecule has 23 heavy (non-hydrogen) atoms. The van der Waals surface area contributed by atoms with E-state index in [-0.39, 0.29) is 17.3 Å². The molecule has 0 saturated carbocycles. The molecule has 0 atom stereocenters. The van der Waals surface area contributed by atoms with Crippen LogP contribution in [0.4, 0.5) is 0 Å². The summed E-state index contributed by atoms with van der Waals surface area (Å²) in [6, 6.07) is 10.00. The first-order valence-electron chi connectivity index (χ1n) is 7.16. The van der Waals surface area contributed by atoms with Gasteiger partial charge in [0.15, 0.2) is 28.8 Å². The number of rotatable bonds is 4. The molecule has 5 nitrogen and oxygen atoms in total. The van der Waals surface area contributed by atoms with Crippen LogP contribution in [-0.4, -0.2) is 31.2 Å². The normalized spacial score (nSPS) is 13.1. The topological polar surface area (TPSA) is 65.0 Å². The van der Waals surface area contributed by atoms with E-state index in [1.165, 1.54) is 25.3 Å². The number of ether oxygens (including phenoxy) is 3. The van der Waals surface area contributed by atoms with Gasteiger partial charge in [0.05, 0.1) is 7.11 Å². The first-order valence-corrected chi connectivity index (χ1v) is 7.16. The minimum absolute atomic E-state index is 0.000124. The maximum atomic E-state index is 12.2. The van der Waals surface area contributed by atoms with Gasteiger partial charge >= 0.3 is 0 Å². The minimum Gasteiger partial charge on any atom is -0.504 e. The van der Waals surface area contributed by atoms with E-state index in [0.717, 1.165) is 5.56 Å². The highest BCUT2D eigenvalue weighted by Gasteiger charge is 2.11. The van der Waals surface area contributed by atoms with E-state index < -0.39 is 0 Å². The SMILES string of the molecule is COc1cc(C(=O)C=Cc2ccc3c(c2)OCCO3)ccc1O. The van der Waals surface area contributed by atoms with Crippen LogP contribution in [0.15, 0.2) is 42.5 Å². The highest BCUT2D eigenvalue weighted by atomic mass is 16.6. The number of phenols is 1. The number of ketones is 1. The minimum atomic E-state index is -0.182. The Kier molecular flexibility index (Phi) is 4.19. The summed E-state index contributed by atoms with van der Waals surface area (Å²) in [6.45, 7) is 1.07. The number of aromatic hydroxyl groups is 1. The lowest BCUT2D eigenvalue weighted by Gasteiger charge is -2.18. The molecule has 1 aliphatic heterocycles. The van der Waals surface area contributed by atoms with E-state index in [2.05, 4.69) is 0 Å². The Morgan fingerprint density at radius 2 is 1.91 bits per heavy atom. The lowest BCUT2D eigenvalue weighted by molar-refractivity contribution is 0.104. The van der Waals surface area contributed by atoms with E-state index in [1.54, 1.807) is 12.1 Å². The number of carbonyl (C=O) groups excluding carboxylic acids is 1. The van der Waals surface area contributed by atoms with Gasteiger partial charge in [-0.2, -0.15) is 0 Å². The van der Waals surface area contributed by atoms with E-state index >= 15 is 0 Å². The Morgan fingerprint density at radius 1 is 1.13 bits per heavy atom. The number of hydrogen-bond acceptors (Lipinski definition) is 5. The van der Waals surface area contributed by atoms with Crippen molar-refractivity contribution in [2.45, 2.75) is 0 Å². The zero-order valence-corrected chi connectivity index (χ0v) is 12.6. The van der Waals surface area contributed by atoms with Gasteiger partial charge in [-0.15, -0.1) is 0 Å². The van der Waals surface area contributed by atoms with Crippen LogP contribution in [0, 0.1) is 0 Å². The second kappa shape index (κ2) is 6.44. The second-order valence-electron chi connectivity index (χ2n) is 4.99. The number of phenolic OH excluding ortho intramolecular Hbond substituents is 1. The monoisotopic (exact) mass is 312 g/mol. The first-order chi connectivity index (χ1) is 11.2. The molecular formula is C18H16O5. The maximum Gasteiger partial charge on any atom is 0.185 e. The third-order valence-electron chi connectivity index (χ3n) is 3.46. The van der Waals surface area contributed by atoms with Gasteiger partial charge in [0.2, 0.25) is 0 Å². The van der Waals surface area contributed by atoms with Gasteiger partial charge in [-0.1, -0.05) is 12.1 Å². The Bertz CT molecular complexity index is 764. The molecule has 1 N–H and O–H groups in total. The van der Waals surface area contributed by atoms with Gasteiger partial charge in [-0.3, -0.25) is 4.79 Å². The standard InChI is InChI=1S/C18H16O5/c1-21-17-11-13(4-6-15(17)20)14(19)5-2-12-3-7-16-18(10-12)23-9-8-22-16/h2-7,10-11,20H,8-9H2,1H3. The highest BCUT2D eigenvalue weighted by molar-refractivity contribution is 6.07. The summed E-state index contributed by atoms with van der Waals surface area (Å²) >= 11 is 0. The number of fused-ring (bicyclic) bond motifs is 1. The van der Waals surface area contributed by atoms with Crippen LogP contribution in [0.3, 0.4) is 0 Å². The molecule has 3 rings (SSSR count). The second-order valence-corrected chi connectivity index (χ2v) is 4.99. The Balaban J connectivity index is 1.78. The first kappa shape index (κ1) is 15.0. The summed E-state index contributed by atoms with van der Waals surface area (Å²) in [5.41, 5.74) is 1.28. The van der Waals surface area contributed by atoms with Crippen molar-refractivity contribution in [3.8, 4) is 23.0 Å². The van der Waals surface area contributed by atoms with Crippen LogP contribution in [-0.2, 0) is 0 Å². The van der Waals surface area contributed by atoms with Crippen LogP contribution in [0.1, 0.15) is 15.9 Å². The molecule has 0 aromatic heterocycles. The molecule has 1 heterocycles. The largest absolute Gasteiger partial charge is 0.504 e. The van der Waals surface area contributed by atoms with Crippen molar-refractivity contribution in [1.29, 1.82) is 0 Å².